The number of rotatable bonds is 4. The predicted octanol–water partition coefficient (Wildman–Crippen LogP) is 1.31. The van der Waals surface area contributed by atoms with Crippen LogP contribution in [0.4, 0.5) is 0 Å². The third-order valence-corrected chi connectivity index (χ3v) is 1.46. The molecular weight excluding hydrogens is 114 g/mol. The minimum atomic E-state index is 0.216. The summed E-state index contributed by atoms with van der Waals surface area (Å²) in [6.07, 6.45) is 1.78. The van der Waals surface area contributed by atoms with Crippen LogP contribution in [0.2, 0.25) is 0 Å². The first-order chi connectivity index (χ1) is 4.35. The van der Waals surface area contributed by atoms with E-state index in [4.69, 9.17) is 11.7 Å². The lowest BCUT2D eigenvalue weighted by atomic mass is 10.0. The minimum Gasteiger partial charge on any atom is -0.396 e. The van der Waals surface area contributed by atoms with Crippen molar-refractivity contribution in [3.8, 4) is 0 Å². The highest BCUT2D eigenvalue weighted by molar-refractivity contribution is 4.67. The molecule has 0 aromatic rings. The van der Waals surface area contributed by atoms with Crippen LogP contribution in [0, 0.1) is 12.5 Å². The second-order valence-corrected chi connectivity index (χ2v) is 2.13. The SMILES string of the molecule is [C-]#[N+]CC(CC)CCO. The van der Waals surface area contributed by atoms with Gasteiger partial charge in [-0.15, -0.1) is 0 Å². The van der Waals surface area contributed by atoms with Crippen molar-refractivity contribution >= 4 is 0 Å². The van der Waals surface area contributed by atoms with E-state index in [1.165, 1.54) is 0 Å². The summed E-state index contributed by atoms with van der Waals surface area (Å²) in [5.41, 5.74) is 0. The van der Waals surface area contributed by atoms with Crippen molar-refractivity contribution in [3.63, 3.8) is 0 Å². The first kappa shape index (κ1) is 8.45. The highest BCUT2D eigenvalue weighted by Crippen LogP contribution is 2.06. The number of hydrogen-bond donors (Lipinski definition) is 1. The van der Waals surface area contributed by atoms with E-state index < -0.39 is 0 Å². The molecule has 1 atom stereocenters. The second-order valence-electron chi connectivity index (χ2n) is 2.13. The van der Waals surface area contributed by atoms with Gasteiger partial charge in [-0.3, -0.25) is 0 Å². The van der Waals surface area contributed by atoms with E-state index in [1.807, 2.05) is 6.92 Å². The molecule has 0 fully saturated rings. The molecule has 0 aromatic heterocycles. The quantitative estimate of drug-likeness (QED) is 0.566. The van der Waals surface area contributed by atoms with E-state index in [2.05, 4.69) is 4.85 Å². The van der Waals surface area contributed by atoms with Gasteiger partial charge in [0.2, 0.25) is 6.54 Å². The predicted molar refractivity (Wildman–Crippen MR) is 37.0 cm³/mol. The van der Waals surface area contributed by atoms with Gasteiger partial charge in [0.15, 0.2) is 0 Å². The number of hydrogen-bond acceptors (Lipinski definition) is 1. The molecule has 0 spiro atoms. The van der Waals surface area contributed by atoms with E-state index in [-0.39, 0.29) is 6.61 Å². The molecule has 1 unspecified atom stereocenters. The Kier molecular flexibility index (Phi) is 5.24. The molecule has 0 bridgehead atoms. The zero-order valence-corrected chi connectivity index (χ0v) is 5.80. The number of nitrogens with zero attached hydrogens (tertiary/aromatic N) is 1. The van der Waals surface area contributed by atoms with Crippen molar-refractivity contribution in [2.75, 3.05) is 13.2 Å². The Morgan fingerprint density at radius 1 is 1.67 bits per heavy atom. The van der Waals surface area contributed by atoms with Crippen LogP contribution in [0.3, 0.4) is 0 Å². The maximum Gasteiger partial charge on any atom is 0.217 e. The van der Waals surface area contributed by atoms with Gasteiger partial charge >= 0.3 is 0 Å². The Morgan fingerprint density at radius 3 is 2.67 bits per heavy atom. The van der Waals surface area contributed by atoms with Gasteiger partial charge in [-0.05, 0) is 12.8 Å². The topological polar surface area (TPSA) is 24.6 Å². The molecule has 0 aliphatic rings. The summed E-state index contributed by atoms with van der Waals surface area (Å²) in [4.78, 5) is 3.26. The van der Waals surface area contributed by atoms with Crippen LogP contribution < -0.4 is 0 Å². The minimum absolute atomic E-state index is 0.216. The van der Waals surface area contributed by atoms with E-state index in [0.717, 1.165) is 12.8 Å². The van der Waals surface area contributed by atoms with Gasteiger partial charge in [-0.1, -0.05) is 6.92 Å². The van der Waals surface area contributed by atoms with E-state index in [9.17, 15) is 0 Å². The van der Waals surface area contributed by atoms with Gasteiger partial charge in [-0.2, -0.15) is 0 Å². The monoisotopic (exact) mass is 127 g/mol. The summed E-state index contributed by atoms with van der Waals surface area (Å²) in [5, 5.41) is 8.49. The van der Waals surface area contributed by atoms with Crippen molar-refractivity contribution < 1.29 is 5.11 Å². The summed E-state index contributed by atoms with van der Waals surface area (Å²) in [7, 11) is 0. The van der Waals surface area contributed by atoms with Gasteiger partial charge in [0.1, 0.15) is 0 Å². The molecule has 2 nitrogen and oxygen atoms in total. The maximum absolute atomic E-state index is 8.49. The lowest BCUT2D eigenvalue weighted by Gasteiger charge is -2.03. The van der Waals surface area contributed by atoms with Gasteiger partial charge in [0.25, 0.3) is 0 Å². The van der Waals surface area contributed by atoms with Crippen LogP contribution in [-0.2, 0) is 0 Å². The normalized spacial score (nSPS) is 12.6. The maximum atomic E-state index is 8.49. The molecule has 0 heterocycles. The summed E-state index contributed by atoms with van der Waals surface area (Å²) in [6, 6.07) is 0. The van der Waals surface area contributed by atoms with Gasteiger partial charge < -0.3 is 9.95 Å². The molecule has 2 heteroatoms. The average Bonchev–Trinajstić information content (AvgIpc) is 1.88. The van der Waals surface area contributed by atoms with Crippen molar-refractivity contribution in [2.24, 2.45) is 5.92 Å². The summed E-state index contributed by atoms with van der Waals surface area (Å²) >= 11 is 0. The van der Waals surface area contributed by atoms with E-state index in [1.54, 1.807) is 0 Å². The summed E-state index contributed by atoms with van der Waals surface area (Å²) in [6.45, 7) is 9.39. The fourth-order valence-electron chi connectivity index (χ4n) is 0.736. The molecule has 0 amide bonds. The number of aliphatic hydroxyl groups excluding tert-OH is 1. The molecule has 0 aliphatic carbocycles. The first-order valence-corrected chi connectivity index (χ1v) is 3.29. The zero-order valence-electron chi connectivity index (χ0n) is 5.80. The molecule has 52 valence electrons. The Morgan fingerprint density at radius 2 is 2.33 bits per heavy atom. The van der Waals surface area contributed by atoms with Crippen LogP contribution in [0.1, 0.15) is 19.8 Å². The second kappa shape index (κ2) is 5.58. The lowest BCUT2D eigenvalue weighted by molar-refractivity contribution is 0.259. The fourth-order valence-corrected chi connectivity index (χ4v) is 0.736. The Hall–Kier alpha value is -0.550. The standard InChI is InChI=1S/C7H13NO/c1-3-7(4-5-9)6-8-2/h7,9H,3-6H2,1H3. The summed E-state index contributed by atoms with van der Waals surface area (Å²) < 4.78 is 0. The molecule has 1 N–H and O–H groups in total. The third-order valence-electron chi connectivity index (χ3n) is 1.46. The van der Waals surface area contributed by atoms with Gasteiger partial charge in [-0.25, -0.2) is 6.57 Å². The van der Waals surface area contributed by atoms with Crippen molar-refractivity contribution in [1.82, 2.24) is 0 Å². The van der Waals surface area contributed by atoms with E-state index in [0.29, 0.717) is 12.5 Å². The average molecular weight is 127 g/mol. The Labute approximate surface area is 56.3 Å². The van der Waals surface area contributed by atoms with Gasteiger partial charge in [0, 0.05) is 12.5 Å². The first-order valence-electron chi connectivity index (χ1n) is 3.29. The van der Waals surface area contributed by atoms with E-state index >= 15 is 0 Å². The molecule has 0 aliphatic heterocycles. The molecule has 0 aromatic carbocycles. The van der Waals surface area contributed by atoms with Crippen molar-refractivity contribution in [3.05, 3.63) is 11.4 Å². The molecule has 0 saturated heterocycles. The van der Waals surface area contributed by atoms with Crippen LogP contribution in [0.25, 0.3) is 4.85 Å². The molecular formula is C7H13NO. The van der Waals surface area contributed by atoms with Gasteiger partial charge in [0.05, 0.1) is 0 Å². The molecule has 0 saturated carbocycles. The highest BCUT2D eigenvalue weighted by Gasteiger charge is 2.06. The van der Waals surface area contributed by atoms with Crippen LogP contribution >= 0.6 is 0 Å². The van der Waals surface area contributed by atoms with Crippen LogP contribution in [0.15, 0.2) is 0 Å². The number of aliphatic hydroxyl groups is 1. The summed E-state index contributed by atoms with van der Waals surface area (Å²) in [5.74, 6) is 0.410. The van der Waals surface area contributed by atoms with Crippen LogP contribution in [0.5, 0.6) is 0 Å². The third kappa shape index (κ3) is 3.99. The molecule has 9 heavy (non-hydrogen) atoms. The van der Waals surface area contributed by atoms with Crippen molar-refractivity contribution in [1.29, 1.82) is 0 Å². The molecule has 0 rings (SSSR count). The van der Waals surface area contributed by atoms with Crippen LogP contribution in [-0.4, -0.2) is 18.3 Å². The lowest BCUT2D eigenvalue weighted by Crippen LogP contribution is -2.03. The zero-order chi connectivity index (χ0) is 7.11. The highest BCUT2D eigenvalue weighted by atomic mass is 16.3. The fraction of sp³-hybridized carbons (Fsp3) is 0.857. The Bertz CT molecular complexity index is 95.6. The largest absolute Gasteiger partial charge is 0.396 e. The smallest absolute Gasteiger partial charge is 0.217 e. The van der Waals surface area contributed by atoms with Crippen molar-refractivity contribution in [2.45, 2.75) is 19.8 Å². The molecule has 0 radical (unpaired) electrons. The Balaban J connectivity index is 3.32.